The van der Waals surface area contributed by atoms with E-state index in [9.17, 15) is 8.42 Å². The molecule has 0 amide bonds. The van der Waals surface area contributed by atoms with Gasteiger partial charge < -0.3 is 4.74 Å². The topological polar surface area (TPSA) is 72.7 Å². The van der Waals surface area contributed by atoms with E-state index in [2.05, 4.69) is 9.71 Å². The largest absolute Gasteiger partial charge is 0.381 e. The second-order valence-corrected chi connectivity index (χ2v) is 7.11. The molecule has 1 saturated carbocycles. The summed E-state index contributed by atoms with van der Waals surface area (Å²) in [6, 6.07) is 5.09. The highest BCUT2D eigenvalue weighted by atomic mass is 35.5. The van der Waals surface area contributed by atoms with Gasteiger partial charge in [0.05, 0.1) is 6.10 Å². The Hall–Kier alpha value is -1.15. The molecule has 0 radical (unpaired) electrons. The second-order valence-electron chi connectivity index (χ2n) is 5.13. The first-order valence-corrected chi connectivity index (χ1v) is 8.55. The summed E-state index contributed by atoms with van der Waals surface area (Å²) in [5.74, 6) is 0. The van der Waals surface area contributed by atoms with Crippen molar-refractivity contribution in [1.82, 2.24) is 14.1 Å². The first-order valence-electron chi connectivity index (χ1n) is 6.69. The summed E-state index contributed by atoms with van der Waals surface area (Å²) < 4.78 is 34.6. The molecule has 0 saturated heterocycles. The maximum absolute atomic E-state index is 12.6. The molecule has 1 aliphatic carbocycles. The molecule has 21 heavy (non-hydrogen) atoms. The highest BCUT2D eigenvalue weighted by Gasteiger charge is 2.31. The number of pyridine rings is 1. The fourth-order valence-electron chi connectivity index (χ4n) is 2.72. The van der Waals surface area contributed by atoms with Crippen molar-refractivity contribution in [2.75, 3.05) is 7.11 Å². The summed E-state index contributed by atoms with van der Waals surface area (Å²) in [5, 5.41) is -0.0318. The predicted octanol–water partition coefficient (Wildman–Crippen LogP) is 1.83. The van der Waals surface area contributed by atoms with Gasteiger partial charge in [-0.2, -0.15) is 0 Å². The van der Waals surface area contributed by atoms with Crippen LogP contribution in [0.2, 0.25) is 5.15 Å². The van der Waals surface area contributed by atoms with Crippen molar-refractivity contribution >= 4 is 27.3 Å². The molecule has 3 rings (SSSR count). The molecular weight excluding hydrogens is 314 g/mol. The smallest absolute Gasteiger partial charge is 0.260 e. The quantitative estimate of drug-likeness (QED) is 0.929. The Morgan fingerprint density at radius 3 is 2.95 bits per heavy atom. The van der Waals surface area contributed by atoms with Crippen molar-refractivity contribution in [3.05, 3.63) is 29.5 Å². The first kappa shape index (κ1) is 14.8. The number of rotatable bonds is 4. The van der Waals surface area contributed by atoms with E-state index < -0.39 is 10.0 Å². The number of hydrogen-bond acceptors (Lipinski definition) is 4. The molecular formula is C13H16ClN3O3S. The lowest BCUT2D eigenvalue weighted by molar-refractivity contribution is 0.107. The van der Waals surface area contributed by atoms with E-state index in [1.54, 1.807) is 31.5 Å². The Balaban J connectivity index is 1.92. The Morgan fingerprint density at radius 2 is 2.24 bits per heavy atom. The molecule has 2 heterocycles. The fourth-order valence-corrected chi connectivity index (χ4v) is 4.65. The van der Waals surface area contributed by atoms with Crippen LogP contribution in [0.15, 0.2) is 29.4 Å². The third-order valence-corrected chi connectivity index (χ3v) is 5.66. The summed E-state index contributed by atoms with van der Waals surface area (Å²) in [7, 11) is -2.08. The van der Waals surface area contributed by atoms with Gasteiger partial charge in [0.2, 0.25) is 0 Å². The van der Waals surface area contributed by atoms with Gasteiger partial charge in [-0.15, -0.1) is 0 Å². The van der Waals surface area contributed by atoms with Gasteiger partial charge in [-0.1, -0.05) is 17.7 Å². The monoisotopic (exact) mass is 329 g/mol. The Kier molecular flexibility index (Phi) is 3.92. The van der Waals surface area contributed by atoms with Crippen LogP contribution in [0.5, 0.6) is 0 Å². The van der Waals surface area contributed by atoms with Gasteiger partial charge >= 0.3 is 0 Å². The summed E-state index contributed by atoms with van der Waals surface area (Å²) in [5.41, 5.74) is 0.504. The van der Waals surface area contributed by atoms with Crippen molar-refractivity contribution in [3.8, 4) is 0 Å². The molecule has 0 spiro atoms. The number of methoxy groups -OCH3 is 1. The molecule has 1 N–H and O–H groups in total. The van der Waals surface area contributed by atoms with Gasteiger partial charge in [0, 0.05) is 19.3 Å². The number of sulfonamides is 1. The molecule has 0 aromatic carbocycles. The fraction of sp³-hybridized carbons (Fsp3) is 0.462. The molecule has 114 valence electrons. The molecule has 2 atom stereocenters. The number of imidazole rings is 1. The molecule has 1 aliphatic rings. The molecule has 2 unspecified atom stereocenters. The summed E-state index contributed by atoms with van der Waals surface area (Å²) in [6.07, 6.45) is 4.02. The van der Waals surface area contributed by atoms with E-state index in [4.69, 9.17) is 16.3 Å². The average molecular weight is 330 g/mol. The molecule has 6 nitrogen and oxygen atoms in total. The first-order chi connectivity index (χ1) is 10.0. The Labute approximate surface area is 128 Å². The lowest BCUT2D eigenvalue weighted by Crippen LogP contribution is -2.34. The minimum Gasteiger partial charge on any atom is -0.381 e. The van der Waals surface area contributed by atoms with Crippen LogP contribution in [0.3, 0.4) is 0 Å². The highest BCUT2D eigenvalue weighted by molar-refractivity contribution is 7.89. The number of ether oxygens (including phenoxy) is 1. The Morgan fingerprint density at radius 1 is 1.43 bits per heavy atom. The summed E-state index contributed by atoms with van der Waals surface area (Å²) in [4.78, 5) is 4.07. The maximum atomic E-state index is 12.6. The standard InChI is InChI=1S/C13H16ClN3O3S/c1-20-10-6-5-9(8-10)16-21(18,19)13-12(14)15-11-4-2-3-7-17(11)13/h2-4,7,9-10,16H,5-6,8H2,1H3. The molecule has 8 heteroatoms. The Bertz CT molecular complexity index is 759. The van der Waals surface area contributed by atoms with E-state index in [1.807, 2.05) is 0 Å². The van der Waals surface area contributed by atoms with E-state index in [1.165, 1.54) is 4.40 Å². The number of aromatic nitrogens is 2. The van der Waals surface area contributed by atoms with E-state index in [-0.39, 0.29) is 22.3 Å². The zero-order chi connectivity index (χ0) is 15.0. The number of hydrogen-bond donors (Lipinski definition) is 1. The number of nitrogens with zero attached hydrogens (tertiary/aromatic N) is 2. The predicted molar refractivity (Wildman–Crippen MR) is 79.0 cm³/mol. The molecule has 0 aliphatic heterocycles. The van der Waals surface area contributed by atoms with Crippen LogP contribution in [0, 0.1) is 0 Å². The summed E-state index contributed by atoms with van der Waals surface area (Å²) >= 11 is 6.02. The molecule has 2 aromatic rings. The normalized spacial score (nSPS) is 23.0. The van der Waals surface area contributed by atoms with Gasteiger partial charge in [-0.05, 0) is 31.4 Å². The van der Waals surface area contributed by atoms with Crippen molar-refractivity contribution in [3.63, 3.8) is 0 Å². The average Bonchev–Trinajstić information content (AvgIpc) is 3.00. The molecule has 0 bridgehead atoms. The SMILES string of the molecule is COC1CCC(NS(=O)(=O)c2c(Cl)nc3ccccn23)C1. The number of halogens is 1. The van der Waals surface area contributed by atoms with Gasteiger partial charge in [-0.25, -0.2) is 18.1 Å². The van der Waals surface area contributed by atoms with Gasteiger partial charge in [0.25, 0.3) is 10.0 Å². The van der Waals surface area contributed by atoms with Crippen molar-refractivity contribution in [2.45, 2.75) is 36.4 Å². The maximum Gasteiger partial charge on any atom is 0.260 e. The highest BCUT2D eigenvalue weighted by Crippen LogP contribution is 2.26. The van der Waals surface area contributed by atoms with Crippen LogP contribution in [-0.4, -0.2) is 37.1 Å². The van der Waals surface area contributed by atoms with Crippen LogP contribution in [0.25, 0.3) is 5.65 Å². The van der Waals surface area contributed by atoms with E-state index in [0.717, 1.165) is 12.8 Å². The van der Waals surface area contributed by atoms with Crippen molar-refractivity contribution in [2.24, 2.45) is 0 Å². The zero-order valence-corrected chi connectivity index (χ0v) is 13.1. The lowest BCUT2D eigenvalue weighted by Gasteiger charge is -2.13. The zero-order valence-electron chi connectivity index (χ0n) is 11.5. The van der Waals surface area contributed by atoms with Crippen LogP contribution in [0.4, 0.5) is 0 Å². The number of fused-ring (bicyclic) bond motifs is 1. The third kappa shape index (κ3) is 2.78. The lowest BCUT2D eigenvalue weighted by atomic mass is 10.3. The minimum atomic E-state index is -3.73. The van der Waals surface area contributed by atoms with Crippen LogP contribution in [-0.2, 0) is 14.8 Å². The van der Waals surface area contributed by atoms with E-state index in [0.29, 0.717) is 12.1 Å². The summed E-state index contributed by atoms with van der Waals surface area (Å²) in [6.45, 7) is 0. The van der Waals surface area contributed by atoms with Gasteiger partial charge in [-0.3, -0.25) is 4.40 Å². The molecule has 1 fully saturated rings. The van der Waals surface area contributed by atoms with Crippen LogP contribution in [0.1, 0.15) is 19.3 Å². The van der Waals surface area contributed by atoms with Crippen molar-refractivity contribution < 1.29 is 13.2 Å². The van der Waals surface area contributed by atoms with Crippen LogP contribution < -0.4 is 4.72 Å². The van der Waals surface area contributed by atoms with E-state index >= 15 is 0 Å². The van der Waals surface area contributed by atoms with Gasteiger partial charge in [0.1, 0.15) is 5.65 Å². The van der Waals surface area contributed by atoms with Crippen molar-refractivity contribution in [1.29, 1.82) is 0 Å². The molecule has 2 aromatic heterocycles. The van der Waals surface area contributed by atoms with Gasteiger partial charge in [0.15, 0.2) is 10.2 Å². The second kappa shape index (κ2) is 5.57. The third-order valence-electron chi connectivity index (χ3n) is 3.74. The number of nitrogens with one attached hydrogen (secondary N) is 1. The minimum absolute atomic E-state index is 0.0133. The van der Waals surface area contributed by atoms with Crippen LogP contribution >= 0.6 is 11.6 Å².